The van der Waals surface area contributed by atoms with Gasteiger partial charge in [-0.3, -0.25) is 0 Å². The van der Waals surface area contributed by atoms with E-state index in [2.05, 4.69) is 32.6 Å². The zero-order chi connectivity index (χ0) is 15.0. The summed E-state index contributed by atoms with van der Waals surface area (Å²) in [4.78, 5) is 2.68. The van der Waals surface area contributed by atoms with Crippen molar-refractivity contribution < 1.29 is 5.11 Å². The number of hydrogen-bond acceptors (Lipinski definition) is 2. The molecule has 1 rings (SSSR count). The molecule has 4 unspecified atom stereocenters. The fourth-order valence-electron chi connectivity index (χ4n) is 3.46. The fraction of sp³-hybridized carbons (Fsp3) is 1.00. The van der Waals surface area contributed by atoms with E-state index >= 15 is 0 Å². The second kappa shape index (κ2) is 9.78. The van der Waals surface area contributed by atoms with Gasteiger partial charge in [0.2, 0.25) is 0 Å². The lowest BCUT2D eigenvalue weighted by Crippen LogP contribution is -2.40. The third-order valence-corrected chi connectivity index (χ3v) is 5.25. The SMILES string of the molecule is CCC(C)CC(CO)CCC(C)CN1CCCCC1C. The highest BCUT2D eigenvalue weighted by Gasteiger charge is 2.20. The quantitative estimate of drug-likeness (QED) is 0.681. The van der Waals surface area contributed by atoms with Crippen LogP contribution in [0.1, 0.15) is 72.6 Å². The highest BCUT2D eigenvalue weighted by Crippen LogP contribution is 2.23. The van der Waals surface area contributed by atoms with Crippen LogP contribution in [0.3, 0.4) is 0 Å². The molecule has 0 saturated carbocycles. The highest BCUT2D eigenvalue weighted by molar-refractivity contribution is 4.75. The number of rotatable bonds is 9. The van der Waals surface area contributed by atoms with Crippen LogP contribution in [0.15, 0.2) is 0 Å². The van der Waals surface area contributed by atoms with E-state index in [-0.39, 0.29) is 0 Å². The van der Waals surface area contributed by atoms with E-state index in [9.17, 15) is 5.11 Å². The van der Waals surface area contributed by atoms with Crippen molar-refractivity contribution in [1.29, 1.82) is 0 Å². The zero-order valence-electron chi connectivity index (χ0n) is 14.3. The van der Waals surface area contributed by atoms with Crippen LogP contribution in [0.4, 0.5) is 0 Å². The molecule has 0 spiro atoms. The Bertz CT molecular complexity index is 244. The van der Waals surface area contributed by atoms with Crippen LogP contribution in [0.25, 0.3) is 0 Å². The fourth-order valence-corrected chi connectivity index (χ4v) is 3.46. The highest BCUT2D eigenvalue weighted by atomic mass is 16.3. The van der Waals surface area contributed by atoms with Crippen molar-refractivity contribution in [2.45, 2.75) is 78.7 Å². The van der Waals surface area contributed by atoms with E-state index in [1.54, 1.807) is 0 Å². The summed E-state index contributed by atoms with van der Waals surface area (Å²) >= 11 is 0. The molecule has 1 fully saturated rings. The minimum atomic E-state index is 0.372. The summed E-state index contributed by atoms with van der Waals surface area (Å²) in [7, 11) is 0. The Morgan fingerprint density at radius 3 is 2.50 bits per heavy atom. The van der Waals surface area contributed by atoms with Crippen LogP contribution in [-0.4, -0.2) is 35.7 Å². The lowest BCUT2D eigenvalue weighted by atomic mass is 9.88. The Hall–Kier alpha value is -0.0800. The van der Waals surface area contributed by atoms with Crippen LogP contribution in [0.2, 0.25) is 0 Å². The molecule has 0 amide bonds. The number of hydrogen-bond donors (Lipinski definition) is 1. The molecule has 1 aliphatic rings. The van der Waals surface area contributed by atoms with Crippen molar-refractivity contribution in [3.05, 3.63) is 0 Å². The van der Waals surface area contributed by atoms with E-state index in [4.69, 9.17) is 0 Å². The van der Waals surface area contributed by atoms with Gasteiger partial charge in [0.25, 0.3) is 0 Å². The van der Waals surface area contributed by atoms with Crippen LogP contribution in [0, 0.1) is 17.8 Å². The summed E-state index contributed by atoms with van der Waals surface area (Å²) in [6.45, 7) is 12.2. The molecule has 0 aromatic carbocycles. The van der Waals surface area contributed by atoms with E-state index < -0.39 is 0 Å². The maximum Gasteiger partial charge on any atom is 0.0459 e. The molecule has 0 aliphatic carbocycles. The second-order valence-corrected chi connectivity index (χ2v) is 7.32. The molecule has 0 aromatic heterocycles. The molecule has 0 bridgehead atoms. The molecule has 0 radical (unpaired) electrons. The van der Waals surface area contributed by atoms with Crippen LogP contribution in [0.5, 0.6) is 0 Å². The number of nitrogens with zero attached hydrogens (tertiary/aromatic N) is 1. The van der Waals surface area contributed by atoms with E-state index in [1.165, 1.54) is 58.0 Å². The molecule has 4 atom stereocenters. The molecule has 0 aromatic rings. The standard InChI is InChI=1S/C18H37NO/c1-5-15(2)12-18(14-20)10-9-16(3)13-19-11-7-6-8-17(19)4/h15-18,20H,5-14H2,1-4H3. The largest absolute Gasteiger partial charge is 0.396 e. The average Bonchev–Trinajstić information content (AvgIpc) is 2.45. The lowest BCUT2D eigenvalue weighted by Gasteiger charge is -2.35. The van der Waals surface area contributed by atoms with Crippen LogP contribution < -0.4 is 0 Å². The third kappa shape index (κ3) is 6.58. The first kappa shape index (κ1) is 18.0. The summed E-state index contributed by atoms with van der Waals surface area (Å²) in [5.41, 5.74) is 0. The monoisotopic (exact) mass is 283 g/mol. The van der Waals surface area contributed by atoms with Gasteiger partial charge in [0.1, 0.15) is 0 Å². The number of aliphatic hydroxyl groups is 1. The minimum Gasteiger partial charge on any atom is -0.396 e. The Morgan fingerprint density at radius 1 is 1.15 bits per heavy atom. The predicted octanol–water partition coefficient (Wildman–Crippen LogP) is 4.32. The number of piperidine rings is 1. The first-order valence-electron chi connectivity index (χ1n) is 8.91. The lowest BCUT2D eigenvalue weighted by molar-refractivity contribution is 0.130. The third-order valence-electron chi connectivity index (χ3n) is 5.25. The summed E-state index contributed by atoms with van der Waals surface area (Å²) in [6.07, 6.45) is 9.06. The Kier molecular flexibility index (Phi) is 8.79. The van der Waals surface area contributed by atoms with Gasteiger partial charge in [-0.25, -0.2) is 0 Å². The minimum absolute atomic E-state index is 0.372. The number of aliphatic hydroxyl groups excluding tert-OH is 1. The van der Waals surface area contributed by atoms with Gasteiger partial charge in [-0.2, -0.15) is 0 Å². The van der Waals surface area contributed by atoms with Gasteiger partial charge in [0, 0.05) is 19.2 Å². The van der Waals surface area contributed by atoms with E-state index in [0.29, 0.717) is 12.5 Å². The van der Waals surface area contributed by atoms with Gasteiger partial charge >= 0.3 is 0 Å². The van der Waals surface area contributed by atoms with Crippen LogP contribution in [-0.2, 0) is 0 Å². The Morgan fingerprint density at radius 2 is 1.90 bits per heavy atom. The second-order valence-electron chi connectivity index (χ2n) is 7.32. The molecule has 1 saturated heterocycles. The van der Waals surface area contributed by atoms with Gasteiger partial charge < -0.3 is 10.0 Å². The van der Waals surface area contributed by atoms with Gasteiger partial charge in [0.15, 0.2) is 0 Å². The van der Waals surface area contributed by atoms with Gasteiger partial charge in [-0.1, -0.05) is 33.6 Å². The van der Waals surface area contributed by atoms with Crippen molar-refractivity contribution in [3.63, 3.8) is 0 Å². The van der Waals surface area contributed by atoms with Gasteiger partial charge in [-0.15, -0.1) is 0 Å². The molecule has 1 heterocycles. The first-order valence-corrected chi connectivity index (χ1v) is 8.91. The molecule has 1 aliphatic heterocycles. The molecule has 2 heteroatoms. The number of likely N-dealkylation sites (tertiary alicyclic amines) is 1. The van der Waals surface area contributed by atoms with Crippen molar-refractivity contribution >= 4 is 0 Å². The van der Waals surface area contributed by atoms with Crippen molar-refractivity contribution in [2.75, 3.05) is 19.7 Å². The molecular formula is C18H37NO. The molecular weight excluding hydrogens is 246 g/mol. The molecule has 1 N–H and O–H groups in total. The summed E-state index contributed by atoms with van der Waals surface area (Å²) in [6, 6.07) is 0.778. The zero-order valence-corrected chi connectivity index (χ0v) is 14.3. The predicted molar refractivity (Wildman–Crippen MR) is 87.9 cm³/mol. The normalized spacial score (nSPS) is 25.4. The summed E-state index contributed by atoms with van der Waals surface area (Å²) < 4.78 is 0. The van der Waals surface area contributed by atoms with Gasteiger partial charge in [-0.05, 0) is 63.3 Å². The summed E-state index contributed by atoms with van der Waals surface area (Å²) in [5.74, 6) is 2.04. The summed E-state index contributed by atoms with van der Waals surface area (Å²) in [5, 5.41) is 9.54. The average molecular weight is 283 g/mol. The topological polar surface area (TPSA) is 23.5 Å². The smallest absolute Gasteiger partial charge is 0.0459 e. The first-order chi connectivity index (χ1) is 9.56. The molecule has 2 nitrogen and oxygen atoms in total. The molecule has 20 heavy (non-hydrogen) atoms. The molecule has 120 valence electrons. The van der Waals surface area contributed by atoms with E-state index in [1.807, 2.05) is 0 Å². The Labute approximate surface area is 126 Å². The van der Waals surface area contributed by atoms with Crippen molar-refractivity contribution in [2.24, 2.45) is 17.8 Å². The van der Waals surface area contributed by atoms with E-state index in [0.717, 1.165) is 17.9 Å². The van der Waals surface area contributed by atoms with Gasteiger partial charge in [0.05, 0.1) is 0 Å². The van der Waals surface area contributed by atoms with Crippen molar-refractivity contribution in [1.82, 2.24) is 4.90 Å². The van der Waals surface area contributed by atoms with Crippen molar-refractivity contribution in [3.8, 4) is 0 Å². The van der Waals surface area contributed by atoms with Crippen LogP contribution >= 0.6 is 0 Å². The Balaban J connectivity index is 2.25. The maximum atomic E-state index is 9.54. The maximum absolute atomic E-state index is 9.54.